The highest BCUT2D eigenvalue weighted by atomic mass is 16.5. The molecule has 1 unspecified atom stereocenters. The molecule has 5 rings (SSSR count). The summed E-state index contributed by atoms with van der Waals surface area (Å²) in [4.78, 5) is 13.1. The quantitative estimate of drug-likeness (QED) is 0.560. The second-order valence-electron chi connectivity index (χ2n) is 8.31. The van der Waals surface area contributed by atoms with Crippen LogP contribution in [0.2, 0.25) is 0 Å². The van der Waals surface area contributed by atoms with E-state index < -0.39 is 16.9 Å². The van der Waals surface area contributed by atoms with Gasteiger partial charge in [0, 0.05) is 17.7 Å². The van der Waals surface area contributed by atoms with Gasteiger partial charge >= 0.3 is 0 Å². The molecule has 2 bridgehead atoms. The van der Waals surface area contributed by atoms with Crippen LogP contribution in [0.3, 0.4) is 0 Å². The molecule has 162 valence electrons. The largest absolute Gasteiger partial charge is 0.481 e. The number of hydrogen-bond acceptors (Lipinski definition) is 7. The molecule has 1 atom stereocenters. The molecule has 0 saturated carbocycles. The summed E-state index contributed by atoms with van der Waals surface area (Å²) in [6, 6.07) is 7.22. The van der Waals surface area contributed by atoms with Crippen molar-refractivity contribution in [3.8, 4) is 18.1 Å². The summed E-state index contributed by atoms with van der Waals surface area (Å²) in [7, 11) is 0. The lowest BCUT2D eigenvalue weighted by Crippen LogP contribution is -2.55. The number of benzene rings is 1. The van der Waals surface area contributed by atoms with Crippen LogP contribution in [0.5, 0.6) is 5.75 Å². The molecule has 1 aliphatic carbocycles. The van der Waals surface area contributed by atoms with E-state index in [1.54, 1.807) is 19.1 Å². The van der Waals surface area contributed by atoms with E-state index in [0.29, 0.717) is 41.8 Å². The van der Waals surface area contributed by atoms with Gasteiger partial charge in [-0.05, 0) is 50.8 Å². The van der Waals surface area contributed by atoms with E-state index in [0.717, 1.165) is 19.3 Å². The number of carbonyl (C=O) groups excluding carboxylic acids is 1. The Hall–Kier alpha value is -3.05. The minimum atomic E-state index is -1.54. The van der Waals surface area contributed by atoms with Crippen LogP contribution in [-0.2, 0) is 10.5 Å². The Morgan fingerprint density at radius 1 is 1.19 bits per heavy atom. The maximum absolute atomic E-state index is 13.1. The highest BCUT2D eigenvalue weighted by Gasteiger charge is 2.61. The standard InChI is InChI=1S/C23H27N5O3/c1-4-15-31-17-12-10-16(11-13-17)22-19-18(9-7-6-8-14-21(19,3)30)23(27-25-22,28-26-22)20(29)24-5-2/h1,10-13,30H,5-9,14-15H2,2-3H3,(H,24,29). The molecule has 0 saturated heterocycles. The number of terminal acetylenes is 1. The number of amides is 1. The van der Waals surface area contributed by atoms with Crippen molar-refractivity contribution in [1.82, 2.24) is 5.32 Å². The summed E-state index contributed by atoms with van der Waals surface area (Å²) in [6.07, 6.45) is 9.14. The van der Waals surface area contributed by atoms with Gasteiger partial charge in [0.25, 0.3) is 11.6 Å². The second-order valence-corrected chi connectivity index (χ2v) is 8.31. The molecule has 3 heterocycles. The number of hydrogen-bond donors (Lipinski definition) is 2. The predicted molar refractivity (Wildman–Crippen MR) is 114 cm³/mol. The van der Waals surface area contributed by atoms with Gasteiger partial charge in [-0.3, -0.25) is 4.79 Å². The number of aliphatic hydroxyl groups is 1. The summed E-state index contributed by atoms with van der Waals surface area (Å²) in [5.41, 5.74) is -2.01. The third-order valence-electron chi connectivity index (χ3n) is 6.11. The number of ether oxygens (including phenoxy) is 1. The highest BCUT2D eigenvalue weighted by Crippen LogP contribution is 2.56. The van der Waals surface area contributed by atoms with Gasteiger partial charge in [-0.1, -0.05) is 30.9 Å². The summed E-state index contributed by atoms with van der Waals surface area (Å²) < 4.78 is 5.47. The number of nitrogens with zero attached hydrogens (tertiary/aromatic N) is 4. The fraction of sp³-hybridized carbons (Fsp3) is 0.522. The van der Waals surface area contributed by atoms with Gasteiger partial charge in [0.2, 0.25) is 5.66 Å². The molecule has 1 amide bonds. The Morgan fingerprint density at radius 3 is 2.55 bits per heavy atom. The van der Waals surface area contributed by atoms with E-state index >= 15 is 0 Å². The Balaban J connectivity index is 1.87. The Morgan fingerprint density at radius 2 is 1.90 bits per heavy atom. The lowest BCUT2D eigenvalue weighted by atomic mass is 9.70. The molecule has 2 N–H and O–H groups in total. The van der Waals surface area contributed by atoms with Gasteiger partial charge in [-0.15, -0.1) is 26.9 Å². The summed E-state index contributed by atoms with van der Waals surface area (Å²) >= 11 is 0. The van der Waals surface area contributed by atoms with Crippen LogP contribution < -0.4 is 10.1 Å². The molecule has 0 aromatic heterocycles. The predicted octanol–water partition coefficient (Wildman–Crippen LogP) is 3.63. The first-order chi connectivity index (χ1) is 14.9. The van der Waals surface area contributed by atoms with Crippen molar-refractivity contribution in [3.05, 3.63) is 41.0 Å². The van der Waals surface area contributed by atoms with Crippen molar-refractivity contribution in [2.24, 2.45) is 20.5 Å². The van der Waals surface area contributed by atoms with Crippen LogP contribution in [0, 0.1) is 12.3 Å². The zero-order valence-corrected chi connectivity index (χ0v) is 17.9. The Kier molecular flexibility index (Phi) is 5.40. The van der Waals surface area contributed by atoms with Crippen LogP contribution in [-0.4, -0.2) is 35.4 Å². The van der Waals surface area contributed by atoms with E-state index in [9.17, 15) is 9.90 Å². The molecule has 3 aliphatic heterocycles. The lowest BCUT2D eigenvalue weighted by Gasteiger charge is -2.47. The molecule has 4 aliphatic rings. The maximum atomic E-state index is 13.1. The van der Waals surface area contributed by atoms with Crippen LogP contribution in [0.25, 0.3) is 0 Å². The second kappa shape index (κ2) is 7.89. The number of nitrogens with one attached hydrogen (secondary N) is 1. The number of azo groups is 2. The van der Waals surface area contributed by atoms with Gasteiger partial charge in [0.05, 0.1) is 5.60 Å². The first-order valence-electron chi connectivity index (χ1n) is 10.7. The zero-order valence-electron chi connectivity index (χ0n) is 17.9. The molecule has 0 fully saturated rings. The average Bonchev–Trinajstić information content (AvgIpc) is 2.77. The number of carbonyl (C=O) groups is 1. The molecular weight excluding hydrogens is 394 g/mol. The summed E-state index contributed by atoms with van der Waals surface area (Å²) in [6.45, 7) is 4.22. The minimum absolute atomic E-state index is 0.170. The molecule has 8 nitrogen and oxygen atoms in total. The molecule has 31 heavy (non-hydrogen) atoms. The third kappa shape index (κ3) is 3.33. The third-order valence-corrected chi connectivity index (χ3v) is 6.11. The fourth-order valence-corrected chi connectivity index (χ4v) is 4.69. The van der Waals surface area contributed by atoms with E-state index in [-0.39, 0.29) is 12.5 Å². The van der Waals surface area contributed by atoms with Crippen LogP contribution >= 0.6 is 0 Å². The molecule has 8 heteroatoms. The Bertz CT molecular complexity index is 987. The van der Waals surface area contributed by atoms with Crippen LogP contribution in [0.4, 0.5) is 0 Å². The van der Waals surface area contributed by atoms with Crippen molar-refractivity contribution in [2.75, 3.05) is 13.2 Å². The zero-order chi connectivity index (χ0) is 22.1. The highest BCUT2D eigenvalue weighted by molar-refractivity contribution is 5.91. The van der Waals surface area contributed by atoms with E-state index in [4.69, 9.17) is 11.2 Å². The van der Waals surface area contributed by atoms with Gasteiger partial charge in [-0.25, -0.2) is 0 Å². The molecule has 0 radical (unpaired) electrons. The van der Waals surface area contributed by atoms with Crippen molar-refractivity contribution >= 4 is 5.91 Å². The van der Waals surface area contributed by atoms with Gasteiger partial charge in [0.1, 0.15) is 12.4 Å². The summed E-state index contributed by atoms with van der Waals surface area (Å²) in [5, 5.41) is 32.3. The normalized spacial score (nSPS) is 31.4. The lowest BCUT2D eigenvalue weighted by molar-refractivity contribution is -0.126. The van der Waals surface area contributed by atoms with Gasteiger partial charge in [0.15, 0.2) is 0 Å². The first kappa shape index (κ1) is 21.2. The van der Waals surface area contributed by atoms with Gasteiger partial charge < -0.3 is 15.2 Å². The monoisotopic (exact) mass is 421 g/mol. The van der Waals surface area contributed by atoms with Crippen molar-refractivity contribution in [1.29, 1.82) is 0 Å². The molecule has 0 spiro atoms. The maximum Gasteiger partial charge on any atom is 0.289 e. The molecule has 1 aromatic rings. The van der Waals surface area contributed by atoms with Crippen molar-refractivity contribution in [3.63, 3.8) is 0 Å². The van der Waals surface area contributed by atoms with E-state index in [1.807, 2.05) is 19.1 Å². The fourth-order valence-electron chi connectivity index (χ4n) is 4.69. The molecular formula is C23H27N5O3. The average molecular weight is 422 g/mol. The topological polar surface area (TPSA) is 108 Å². The SMILES string of the molecule is C#CCOc1ccc(C23N=NC(C(=O)NCC)(N=N2)C2=C3C(C)(O)CCCCC2)cc1. The van der Waals surface area contributed by atoms with E-state index in [2.05, 4.69) is 31.7 Å². The molecule has 1 aromatic carbocycles. The Labute approximate surface area is 181 Å². The van der Waals surface area contributed by atoms with Crippen molar-refractivity contribution in [2.45, 2.75) is 62.9 Å². The minimum Gasteiger partial charge on any atom is -0.481 e. The van der Waals surface area contributed by atoms with Crippen LogP contribution in [0.1, 0.15) is 51.5 Å². The number of likely N-dealkylation sites (N-methyl/N-ethyl adjacent to an activating group) is 1. The summed E-state index contributed by atoms with van der Waals surface area (Å²) in [5.74, 6) is 2.69. The smallest absolute Gasteiger partial charge is 0.289 e. The van der Waals surface area contributed by atoms with Crippen LogP contribution in [0.15, 0.2) is 55.9 Å². The first-order valence-corrected chi connectivity index (χ1v) is 10.7. The van der Waals surface area contributed by atoms with Gasteiger partial charge in [-0.2, -0.15) is 0 Å². The van der Waals surface area contributed by atoms with Crippen molar-refractivity contribution < 1.29 is 14.6 Å². The number of rotatable bonds is 5. The van der Waals surface area contributed by atoms with E-state index in [1.165, 1.54) is 0 Å².